The number of hydrogen-bond acceptors (Lipinski definition) is 9. The van der Waals surface area contributed by atoms with E-state index >= 15 is 0 Å². The summed E-state index contributed by atoms with van der Waals surface area (Å²) >= 11 is 1.32. The maximum atomic E-state index is 13.5. The first-order valence-corrected chi connectivity index (χ1v) is 22.3. The molecule has 0 saturated carbocycles. The Balaban J connectivity index is 0.000000186. The van der Waals surface area contributed by atoms with E-state index in [0.717, 1.165) is 125 Å². The summed E-state index contributed by atoms with van der Waals surface area (Å²) in [5, 5.41) is 0.542. The lowest BCUT2D eigenvalue weighted by Gasteiger charge is -2.32. The number of thioether (sulfide) groups is 1. The Kier molecular flexibility index (Phi) is 15.2. The summed E-state index contributed by atoms with van der Waals surface area (Å²) in [6, 6.07) is 9.43. The highest BCUT2D eigenvalue weighted by Gasteiger charge is 2.29. The van der Waals surface area contributed by atoms with Gasteiger partial charge in [0.15, 0.2) is 5.16 Å². The van der Waals surface area contributed by atoms with Crippen molar-refractivity contribution in [2.24, 2.45) is 0 Å². The Morgan fingerprint density at radius 3 is 1.53 bits per heavy atom. The van der Waals surface area contributed by atoms with E-state index in [0.29, 0.717) is 55.8 Å². The summed E-state index contributed by atoms with van der Waals surface area (Å²) in [5.41, 5.74) is 1.68. The van der Waals surface area contributed by atoms with Crippen molar-refractivity contribution in [3.8, 4) is 0 Å². The molecule has 0 radical (unpaired) electrons. The number of amides is 4. The molecular weight excluding hydrogens is 825 g/mol. The van der Waals surface area contributed by atoms with E-state index in [1.54, 1.807) is 22.2 Å². The lowest BCUT2D eigenvalue weighted by molar-refractivity contribution is -0.130. The first-order chi connectivity index (χ1) is 30.0. The highest BCUT2D eigenvalue weighted by molar-refractivity contribution is 7.99. The van der Waals surface area contributed by atoms with Crippen LogP contribution in [0.2, 0.25) is 0 Å². The van der Waals surface area contributed by atoms with Crippen molar-refractivity contribution < 1.29 is 36.7 Å². The maximum absolute atomic E-state index is 13.5. The van der Waals surface area contributed by atoms with Crippen LogP contribution in [0, 0.1) is 23.3 Å². The van der Waals surface area contributed by atoms with Crippen molar-refractivity contribution in [2.45, 2.75) is 81.2 Å². The van der Waals surface area contributed by atoms with Gasteiger partial charge in [0, 0.05) is 124 Å². The largest absolute Gasteiger partial charge is 0.343 e. The average Bonchev–Trinajstić information content (AvgIpc) is 4.04. The van der Waals surface area contributed by atoms with Crippen molar-refractivity contribution in [1.82, 2.24) is 39.5 Å². The van der Waals surface area contributed by atoms with E-state index in [9.17, 15) is 36.7 Å². The van der Waals surface area contributed by atoms with Crippen LogP contribution in [-0.2, 0) is 16.0 Å². The Labute approximate surface area is 362 Å². The molecule has 12 nitrogen and oxygen atoms in total. The predicted octanol–water partition coefficient (Wildman–Crippen LogP) is 6.82. The SMILES string of the molecule is O=C(CCc1nccc(C2CCCN(C(=O)c3cc(F)cc(F)c3)C2)n1)N1CCCC1.O=C(CSc1nccc(C2CCCN(C(=O)c3cc(F)cc(F)c3)C2)n1)N1CCCC1. The Hall–Kier alpha value is -5.45. The summed E-state index contributed by atoms with van der Waals surface area (Å²) in [5.74, 6) is -2.62. The summed E-state index contributed by atoms with van der Waals surface area (Å²) < 4.78 is 54.1. The van der Waals surface area contributed by atoms with Crippen LogP contribution in [0.4, 0.5) is 17.6 Å². The highest BCUT2D eigenvalue weighted by atomic mass is 32.2. The number of rotatable bonds is 10. The second-order valence-electron chi connectivity index (χ2n) is 16.1. The first-order valence-electron chi connectivity index (χ1n) is 21.3. The van der Waals surface area contributed by atoms with Crippen molar-refractivity contribution >= 4 is 35.4 Å². The molecule has 6 heterocycles. The Morgan fingerprint density at radius 2 is 1.02 bits per heavy atom. The van der Waals surface area contributed by atoms with Crippen LogP contribution in [0.15, 0.2) is 66.1 Å². The second kappa shape index (κ2) is 21.1. The number of halogens is 4. The summed E-state index contributed by atoms with van der Waals surface area (Å²) in [7, 11) is 0. The highest BCUT2D eigenvalue weighted by Crippen LogP contribution is 2.29. The molecule has 4 aliphatic heterocycles. The molecule has 62 heavy (non-hydrogen) atoms. The third-order valence-corrected chi connectivity index (χ3v) is 12.5. The molecule has 4 amide bonds. The zero-order chi connectivity index (χ0) is 43.6. The third-order valence-electron chi connectivity index (χ3n) is 11.7. The van der Waals surface area contributed by atoms with E-state index in [4.69, 9.17) is 0 Å². The van der Waals surface area contributed by atoms with Crippen molar-refractivity contribution in [2.75, 3.05) is 58.1 Å². The summed E-state index contributed by atoms with van der Waals surface area (Å²) in [6.07, 6.45) is 11.8. The molecule has 17 heteroatoms. The molecule has 2 unspecified atom stereocenters. The van der Waals surface area contributed by atoms with Gasteiger partial charge >= 0.3 is 0 Å². The van der Waals surface area contributed by atoms with Crippen LogP contribution in [0.25, 0.3) is 0 Å². The fourth-order valence-electron chi connectivity index (χ4n) is 8.47. The van der Waals surface area contributed by atoms with Crippen molar-refractivity contribution in [1.29, 1.82) is 0 Å². The fraction of sp³-hybridized carbons (Fsp3) is 0.467. The van der Waals surface area contributed by atoms with Gasteiger partial charge in [-0.3, -0.25) is 19.2 Å². The second-order valence-corrected chi connectivity index (χ2v) is 17.1. The van der Waals surface area contributed by atoms with E-state index in [2.05, 4.69) is 19.9 Å². The monoisotopic (exact) mass is 874 g/mol. The topological polar surface area (TPSA) is 133 Å². The number of aromatic nitrogens is 4. The van der Waals surface area contributed by atoms with Gasteiger partial charge in [-0.2, -0.15) is 0 Å². The molecule has 4 aliphatic rings. The number of hydrogen-bond donors (Lipinski definition) is 0. The van der Waals surface area contributed by atoms with Crippen LogP contribution in [0.1, 0.15) is 108 Å². The number of aryl methyl sites for hydroxylation is 1. The molecule has 2 aromatic heterocycles. The molecule has 2 atom stereocenters. The van der Waals surface area contributed by atoms with Gasteiger partial charge in [-0.1, -0.05) is 11.8 Å². The molecule has 328 valence electrons. The Bertz CT molecular complexity index is 2050. The average molecular weight is 875 g/mol. The van der Waals surface area contributed by atoms with Gasteiger partial charge in [-0.15, -0.1) is 0 Å². The van der Waals surface area contributed by atoms with Crippen LogP contribution in [0.5, 0.6) is 0 Å². The van der Waals surface area contributed by atoms with Gasteiger partial charge in [0.25, 0.3) is 11.8 Å². The van der Waals surface area contributed by atoms with Gasteiger partial charge in [0.2, 0.25) is 11.8 Å². The van der Waals surface area contributed by atoms with E-state index in [1.165, 1.54) is 11.8 Å². The minimum atomic E-state index is -0.766. The number of likely N-dealkylation sites (tertiary alicyclic amines) is 4. The summed E-state index contributed by atoms with van der Waals surface area (Å²) in [6.45, 7) is 5.23. The maximum Gasteiger partial charge on any atom is 0.254 e. The normalized spacial score (nSPS) is 19.0. The molecule has 4 aromatic rings. The van der Waals surface area contributed by atoms with Crippen LogP contribution >= 0.6 is 11.8 Å². The minimum Gasteiger partial charge on any atom is -0.343 e. The quantitative estimate of drug-likeness (QED) is 0.0957. The molecule has 0 N–H and O–H groups in total. The van der Waals surface area contributed by atoms with Gasteiger partial charge < -0.3 is 19.6 Å². The lowest BCUT2D eigenvalue weighted by Crippen LogP contribution is -2.39. The van der Waals surface area contributed by atoms with Gasteiger partial charge in [0.1, 0.15) is 29.1 Å². The zero-order valence-electron chi connectivity index (χ0n) is 34.5. The molecule has 4 saturated heterocycles. The fourth-order valence-corrected chi connectivity index (χ4v) is 9.21. The number of benzene rings is 2. The first kappa shape index (κ1) is 44.6. The van der Waals surface area contributed by atoms with Crippen LogP contribution < -0.4 is 0 Å². The molecule has 8 rings (SSSR count). The molecular formula is C45H50F4N8O4S. The number of carbonyl (C=O) groups is 4. The van der Waals surface area contributed by atoms with Gasteiger partial charge in [0.05, 0.1) is 5.75 Å². The number of piperidine rings is 2. The lowest BCUT2D eigenvalue weighted by atomic mass is 9.94. The molecule has 4 fully saturated rings. The van der Waals surface area contributed by atoms with Crippen molar-refractivity contribution in [3.63, 3.8) is 0 Å². The third kappa shape index (κ3) is 11.9. The molecule has 2 aromatic carbocycles. The van der Waals surface area contributed by atoms with Crippen LogP contribution in [-0.4, -0.2) is 121 Å². The van der Waals surface area contributed by atoms with Crippen LogP contribution in [0.3, 0.4) is 0 Å². The zero-order valence-corrected chi connectivity index (χ0v) is 35.3. The number of carbonyl (C=O) groups excluding carboxylic acids is 4. The minimum absolute atomic E-state index is 0.00717. The van der Waals surface area contributed by atoms with E-state index in [-0.39, 0.29) is 46.6 Å². The summed E-state index contributed by atoms with van der Waals surface area (Å²) in [4.78, 5) is 74.9. The van der Waals surface area contributed by atoms with E-state index in [1.807, 2.05) is 21.9 Å². The molecule has 0 bridgehead atoms. The molecule has 0 spiro atoms. The standard InChI is InChI=1S/C23H26F2N4O2.C22H24F2N4O2S/c24-18-12-17(13-19(25)14-18)23(31)29-11-3-4-16(15-29)20-7-8-26-21(27-20)5-6-22(30)28-9-1-2-10-28;23-17-10-16(11-18(24)12-17)21(30)28-9-3-4-15(13-28)19-5-6-25-22(26-19)31-14-20(29)27-7-1-2-8-27/h7-8,12-14,16H,1-6,9-11,15H2;5-6,10-12,15H,1-4,7-9,13-14H2. The van der Waals surface area contributed by atoms with Gasteiger partial charge in [-0.25, -0.2) is 37.5 Å². The molecule has 0 aliphatic carbocycles. The Morgan fingerprint density at radius 1 is 0.565 bits per heavy atom. The van der Waals surface area contributed by atoms with Crippen molar-refractivity contribution in [3.05, 3.63) is 113 Å². The van der Waals surface area contributed by atoms with E-state index < -0.39 is 23.3 Å². The van der Waals surface area contributed by atoms with Gasteiger partial charge in [-0.05, 0) is 87.8 Å². The predicted molar refractivity (Wildman–Crippen MR) is 223 cm³/mol. The smallest absolute Gasteiger partial charge is 0.254 e. The number of nitrogens with zero attached hydrogens (tertiary/aromatic N) is 8.